The molecule has 0 spiro atoms. The highest BCUT2D eigenvalue weighted by molar-refractivity contribution is 6.30. The van der Waals surface area contributed by atoms with Gasteiger partial charge in [-0.3, -0.25) is 0 Å². The smallest absolute Gasteiger partial charge is 0.140 e. The van der Waals surface area contributed by atoms with Gasteiger partial charge in [0.25, 0.3) is 0 Å². The van der Waals surface area contributed by atoms with Crippen LogP contribution in [-0.4, -0.2) is 13.2 Å². The Morgan fingerprint density at radius 2 is 1.77 bits per heavy atom. The maximum absolute atomic E-state index is 13.7. The van der Waals surface area contributed by atoms with Gasteiger partial charge in [0.1, 0.15) is 5.82 Å². The SMILES string of the molecule is COC1CCC(CCc2ccc(C#Cc3ccc(Cl)cc3F)cc2)CC1. The van der Waals surface area contributed by atoms with E-state index in [0.717, 1.165) is 17.9 Å². The average molecular weight is 371 g/mol. The third-order valence-electron chi connectivity index (χ3n) is 5.19. The van der Waals surface area contributed by atoms with Crippen LogP contribution >= 0.6 is 11.6 Å². The van der Waals surface area contributed by atoms with Crippen molar-refractivity contribution in [2.75, 3.05) is 7.11 Å². The van der Waals surface area contributed by atoms with Gasteiger partial charge in [-0.25, -0.2) is 4.39 Å². The van der Waals surface area contributed by atoms with Crippen molar-refractivity contribution in [1.82, 2.24) is 0 Å². The van der Waals surface area contributed by atoms with Crippen LogP contribution in [-0.2, 0) is 11.2 Å². The van der Waals surface area contributed by atoms with Gasteiger partial charge in [0, 0.05) is 17.7 Å². The molecule has 3 rings (SSSR count). The van der Waals surface area contributed by atoms with E-state index in [9.17, 15) is 4.39 Å². The molecule has 1 fully saturated rings. The fraction of sp³-hybridized carbons (Fsp3) is 0.391. The average Bonchev–Trinajstić information content (AvgIpc) is 2.67. The number of hydrogen-bond acceptors (Lipinski definition) is 1. The maximum Gasteiger partial charge on any atom is 0.140 e. The summed E-state index contributed by atoms with van der Waals surface area (Å²) < 4.78 is 19.2. The number of ether oxygens (including phenoxy) is 1. The fourth-order valence-electron chi connectivity index (χ4n) is 3.51. The van der Waals surface area contributed by atoms with E-state index >= 15 is 0 Å². The molecular formula is C23H24ClFO. The second-order valence-electron chi connectivity index (χ2n) is 6.99. The standard InChI is InChI=1S/C23H24ClFO/c1-26-22-14-9-19(10-15-22)7-4-17-2-5-18(6-3-17)8-11-20-12-13-21(24)16-23(20)25/h2-3,5-6,12-13,16,19,22H,4,7,9-10,14-15H2,1H3. The summed E-state index contributed by atoms with van der Waals surface area (Å²) >= 11 is 5.76. The molecule has 0 unspecified atom stereocenters. The Morgan fingerprint density at radius 3 is 2.42 bits per heavy atom. The van der Waals surface area contributed by atoms with E-state index < -0.39 is 0 Å². The first-order valence-electron chi connectivity index (χ1n) is 9.23. The third-order valence-corrected chi connectivity index (χ3v) is 5.43. The van der Waals surface area contributed by atoms with Gasteiger partial charge < -0.3 is 4.74 Å². The lowest BCUT2D eigenvalue weighted by molar-refractivity contribution is 0.0556. The van der Waals surface area contributed by atoms with Crippen LogP contribution in [0.15, 0.2) is 42.5 Å². The van der Waals surface area contributed by atoms with Crippen LogP contribution in [0, 0.1) is 23.6 Å². The molecule has 1 nitrogen and oxygen atoms in total. The van der Waals surface area contributed by atoms with Gasteiger partial charge in [-0.05, 0) is 80.3 Å². The van der Waals surface area contributed by atoms with Crippen molar-refractivity contribution in [2.45, 2.75) is 44.6 Å². The summed E-state index contributed by atoms with van der Waals surface area (Å²) in [5.74, 6) is 6.32. The molecule has 0 radical (unpaired) electrons. The summed E-state index contributed by atoms with van der Waals surface area (Å²) in [4.78, 5) is 0. The molecule has 2 aromatic carbocycles. The van der Waals surface area contributed by atoms with E-state index in [2.05, 4.69) is 24.0 Å². The number of rotatable bonds is 4. The first-order chi connectivity index (χ1) is 12.6. The van der Waals surface area contributed by atoms with Crippen molar-refractivity contribution in [3.8, 4) is 11.8 Å². The Hall–Kier alpha value is -1.82. The maximum atomic E-state index is 13.7. The van der Waals surface area contributed by atoms with Crippen LogP contribution < -0.4 is 0 Å². The number of aryl methyl sites for hydroxylation is 1. The molecule has 0 aromatic heterocycles. The molecule has 2 aromatic rings. The topological polar surface area (TPSA) is 9.23 Å². The summed E-state index contributed by atoms with van der Waals surface area (Å²) in [6.45, 7) is 0. The first-order valence-corrected chi connectivity index (χ1v) is 9.60. The second kappa shape index (κ2) is 9.21. The van der Waals surface area contributed by atoms with E-state index in [0.29, 0.717) is 16.7 Å². The second-order valence-corrected chi connectivity index (χ2v) is 7.42. The lowest BCUT2D eigenvalue weighted by atomic mass is 9.84. The van der Waals surface area contributed by atoms with Crippen molar-refractivity contribution in [1.29, 1.82) is 0 Å². The minimum atomic E-state index is -0.384. The van der Waals surface area contributed by atoms with E-state index in [1.807, 2.05) is 19.2 Å². The molecule has 1 aliphatic rings. The zero-order valence-corrected chi connectivity index (χ0v) is 15.9. The number of methoxy groups -OCH3 is 1. The molecule has 26 heavy (non-hydrogen) atoms. The quantitative estimate of drug-likeness (QED) is 0.598. The summed E-state index contributed by atoms with van der Waals surface area (Å²) in [6.07, 6.45) is 7.73. The summed E-state index contributed by atoms with van der Waals surface area (Å²) in [6, 6.07) is 12.8. The van der Waals surface area contributed by atoms with Gasteiger partial charge in [-0.1, -0.05) is 35.6 Å². The van der Waals surface area contributed by atoms with Crippen LogP contribution in [0.1, 0.15) is 48.8 Å². The molecule has 0 atom stereocenters. The lowest BCUT2D eigenvalue weighted by Crippen LogP contribution is -2.20. The Kier molecular flexibility index (Phi) is 6.72. The largest absolute Gasteiger partial charge is 0.381 e. The molecule has 0 bridgehead atoms. The van der Waals surface area contributed by atoms with Crippen LogP contribution in [0.3, 0.4) is 0 Å². The number of benzene rings is 2. The molecule has 0 amide bonds. The summed E-state index contributed by atoms with van der Waals surface area (Å²) in [7, 11) is 1.82. The minimum Gasteiger partial charge on any atom is -0.381 e. The minimum absolute atomic E-state index is 0.366. The Morgan fingerprint density at radius 1 is 1.04 bits per heavy atom. The molecule has 0 aliphatic heterocycles. The van der Waals surface area contributed by atoms with Crippen molar-refractivity contribution in [3.63, 3.8) is 0 Å². The zero-order valence-electron chi connectivity index (χ0n) is 15.1. The Labute approximate surface area is 160 Å². The molecule has 0 N–H and O–H groups in total. The van der Waals surface area contributed by atoms with E-state index in [1.165, 1.54) is 43.7 Å². The van der Waals surface area contributed by atoms with Gasteiger partial charge in [0.2, 0.25) is 0 Å². The molecule has 0 heterocycles. The normalized spacial score (nSPS) is 19.7. The van der Waals surface area contributed by atoms with E-state index in [-0.39, 0.29) is 5.82 Å². The zero-order chi connectivity index (χ0) is 18.4. The Bertz CT molecular complexity index is 780. The summed E-state index contributed by atoms with van der Waals surface area (Å²) in [5.41, 5.74) is 2.59. The van der Waals surface area contributed by atoms with E-state index in [4.69, 9.17) is 16.3 Å². The number of hydrogen-bond donors (Lipinski definition) is 0. The van der Waals surface area contributed by atoms with Gasteiger partial charge >= 0.3 is 0 Å². The van der Waals surface area contributed by atoms with Crippen molar-refractivity contribution < 1.29 is 9.13 Å². The molecule has 3 heteroatoms. The molecular weight excluding hydrogens is 347 g/mol. The lowest BCUT2D eigenvalue weighted by Gasteiger charge is -2.27. The fourth-order valence-corrected chi connectivity index (χ4v) is 3.67. The first kappa shape index (κ1) is 19.0. The predicted octanol–water partition coefficient (Wildman–Crippen LogP) is 6.02. The van der Waals surface area contributed by atoms with Crippen molar-refractivity contribution in [3.05, 3.63) is 70.0 Å². The molecule has 0 saturated heterocycles. The highest BCUT2D eigenvalue weighted by Gasteiger charge is 2.20. The van der Waals surface area contributed by atoms with Crippen molar-refractivity contribution >= 4 is 11.6 Å². The van der Waals surface area contributed by atoms with Gasteiger partial charge in [-0.2, -0.15) is 0 Å². The molecule has 1 aliphatic carbocycles. The van der Waals surface area contributed by atoms with Gasteiger partial charge in [0.05, 0.1) is 11.7 Å². The Balaban J connectivity index is 1.53. The monoisotopic (exact) mass is 370 g/mol. The van der Waals surface area contributed by atoms with Crippen LogP contribution in [0.5, 0.6) is 0 Å². The highest BCUT2D eigenvalue weighted by Crippen LogP contribution is 2.29. The van der Waals surface area contributed by atoms with Crippen molar-refractivity contribution in [2.24, 2.45) is 5.92 Å². The summed E-state index contributed by atoms with van der Waals surface area (Å²) in [5, 5.41) is 0.383. The van der Waals surface area contributed by atoms with E-state index in [1.54, 1.807) is 12.1 Å². The van der Waals surface area contributed by atoms with Crippen LogP contribution in [0.25, 0.3) is 0 Å². The molecule has 1 saturated carbocycles. The van der Waals surface area contributed by atoms with Crippen LogP contribution in [0.2, 0.25) is 5.02 Å². The predicted molar refractivity (Wildman–Crippen MR) is 105 cm³/mol. The third kappa shape index (κ3) is 5.34. The number of halogens is 2. The molecule has 136 valence electrons. The van der Waals surface area contributed by atoms with Crippen LogP contribution in [0.4, 0.5) is 4.39 Å². The van der Waals surface area contributed by atoms with Gasteiger partial charge in [-0.15, -0.1) is 0 Å². The highest BCUT2D eigenvalue weighted by atomic mass is 35.5. The van der Waals surface area contributed by atoms with Gasteiger partial charge in [0.15, 0.2) is 0 Å².